The summed E-state index contributed by atoms with van der Waals surface area (Å²) in [5, 5.41) is 0. The van der Waals surface area contributed by atoms with Gasteiger partial charge in [0.2, 0.25) is 0 Å². The van der Waals surface area contributed by atoms with Crippen LogP contribution in [0.15, 0.2) is 0 Å². The van der Waals surface area contributed by atoms with Gasteiger partial charge in [0.15, 0.2) is 0 Å². The number of rotatable bonds is 3. The van der Waals surface area contributed by atoms with E-state index >= 15 is 0 Å². The Bertz CT molecular complexity index is 163. The first-order chi connectivity index (χ1) is 3.95. The highest BCUT2D eigenvalue weighted by Crippen LogP contribution is 1.96. The molecule has 0 N–H and O–H groups in total. The SMILES string of the molecule is CC(CF)OS(C)(=O)=O. The highest BCUT2D eigenvalue weighted by atomic mass is 32.2. The third-order valence-electron chi connectivity index (χ3n) is 0.556. The Balaban J connectivity index is 3.75. The summed E-state index contributed by atoms with van der Waals surface area (Å²) in [7, 11) is -3.48. The second-order valence-electron chi connectivity index (χ2n) is 1.77. The minimum atomic E-state index is -3.48. The van der Waals surface area contributed by atoms with E-state index in [9.17, 15) is 12.8 Å². The number of hydrogen-bond acceptors (Lipinski definition) is 3. The van der Waals surface area contributed by atoms with E-state index in [1.165, 1.54) is 6.92 Å². The lowest BCUT2D eigenvalue weighted by atomic mass is 10.5. The van der Waals surface area contributed by atoms with E-state index in [-0.39, 0.29) is 0 Å². The topological polar surface area (TPSA) is 43.4 Å². The molecule has 56 valence electrons. The van der Waals surface area contributed by atoms with Crippen molar-refractivity contribution >= 4 is 10.1 Å². The fourth-order valence-electron chi connectivity index (χ4n) is 0.324. The summed E-state index contributed by atoms with van der Waals surface area (Å²) in [5.74, 6) is 0. The predicted octanol–water partition coefficient (Wildman–Crippen LogP) is 0.321. The molecule has 0 heterocycles. The Morgan fingerprint density at radius 3 is 2.22 bits per heavy atom. The molecule has 0 aromatic rings. The Hall–Kier alpha value is -0.160. The van der Waals surface area contributed by atoms with Crippen LogP contribution in [0.1, 0.15) is 6.92 Å². The molecule has 0 spiro atoms. The molecule has 0 aromatic heterocycles. The van der Waals surface area contributed by atoms with Crippen molar-refractivity contribution in [1.29, 1.82) is 0 Å². The average molecular weight is 156 g/mol. The van der Waals surface area contributed by atoms with Gasteiger partial charge in [-0.05, 0) is 6.92 Å². The molecule has 9 heavy (non-hydrogen) atoms. The van der Waals surface area contributed by atoms with Gasteiger partial charge in [0.25, 0.3) is 10.1 Å². The van der Waals surface area contributed by atoms with Gasteiger partial charge in [0.1, 0.15) is 12.8 Å². The first-order valence-electron chi connectivity index (χ1n) is 2.40. The second kappa shape index (κ2) is 3.12. The van der Waals surface area contributed by atoms with Crippen molar-refractivity contribution in [2.75, 3.05) is 12.9 Å². The molecule has 0 saturated heterocycles. The summed E-state index contributed by atoms with van der Waals surface area (Å²) < 4.78 is 36.1. The van der Waals surface area contributed by atoms with E-state index in [0.29, 0.717) is 0 Å². The van der Waals surface area contributed by atoms with Crippen LogP contribution in [0.25, 0.3) is 0 Å². The van der Waals surface area contributed by atoms with Crippen molar-refractivity contribution in [3.05, 3.63) is 0 Å². The molecule has 0 radical (unpaired) electrons. The van der Waals surface area contributed by atoms with Gasteiger partial charge in [-0.3, -0.25) is 4.18 Å². The zero-order valence-corrected chi connectivity index (χ0v) is 6.11. The Labute approximate surface area is 53.9 Å². The monoisotopic (exact) mass is 156 g/mol. The van der Waals surface area contributed by atoms with Gasteiger partial charge >= 0.3 is 0 Å². The Morgan fingerprint density at radius 1 is 1.67 bits per heavy atom. The number of hydrogen-bond donors (Lipinski definition) is 0. The number of halogens is 1. The molecule has 1 unspecified atom stereocenters. The molecule has 0 aliphatic carbocycles. The van der Waals surface area contributed by atoms with E-state index in [1.54, 1.807) is 0 Å². The Kier molecular flexibility index (Phi) is 3.07. The molecule has 0 bridgehead atoms. The van der Waals surface area contributed by atoms with E-state index in [0.717, 1.165) is 6.26 Å². The maximum atomic E-state index is 11.5. The second-order valence-corrected chi connectivity index (χ2v) is 3.37. The molecule has 0 aliphatic heterocycles. The van der Waals surface area contributed by atoms with Gasteiger partial charge in [0.05, 0.1) is 6.26 Å². The van der Waals surface area contributed by atoms with Crippen LogP contribution in [0.2, 0.25) is 0 Å². The van der Waals surface area contributed by atoms with Crippen molar-refractivity contribution in [3.63, 3.8) is 0 Å². The average Bonchev–Trinajstić information content (AvgIpc) is 1.62. The van der Waals surface area contributed by atoms with Crippen LogP contribution in [-0.2, 0) is 14.3 Å². The van der Waals surface area contributed by atoms with Crippen LogP contribution in [0.4, 0.5) is 4.39 Å². The molecule has 0 aromatic carbocycles. The smallest absolute Gasteiger partial charge is 0.264 e. The number of alkyl halides is 1. The lowest BCUT2D eigenvalue weighted by Gasteiger charge is -2.03. The van der Waals surface area contributed by atoms with Crippen molar-refractivity contribution < 1.29 is 17.0 Å². The first kappa shape index (κ1) is 8.84. The summed E-state index contributed by atoms with van der Waals surface area (Å²) >= 11 is 0. The van der Waals surface area contributed by atoms with E-state index < -0.39 is 22.9 Å². The minimum Gasteiger partial charge on any atom is -0.265 e. The van der Waals surface area contributed by atoms with Crippen LogP contribution in [-0.4, -0.2) is 27.5 Å². The van der Waals surface area contributed by atoms with Crippen LogP contribution >= 0.6 is 0 Å². The molecule has 0 rings (SSSR count). The normalized spacial score (nSPS) is 15.4. The van der Waals surface area contributed by atoms with Crippen molar-refractivity contribution in [2.45, 2.75) is 13.0 Å². The van der Waals surface area contributed by atoms with Gasteiger partial charge in [-0.1, -0.05) is 0 Å². The Morgan fingerprint density at radius 2 is 2.11 bits per heavy atom. The maximum absolute atomic E-state index is 11.5. The zero-order chi connectivity index (χ0) is 7.49. The molecule has 5 heteroatoms. The summed E-state index contributed by atoms with van der Waals surface area (Å²) in [4.78, 5) is 0. The summed E-state index contributed by atoms with van der Waals surface area (Å²) in [6.45, 7) is 0.564. The van der Waals surface area contributed by atoms with Crippen LogP contribution < -0.4 is 0 Å². The zero-order valence-electron chi connectivity index (χ0n) is 5.30. The highest BCUT2D eigenvalue weighted by Gasteiger charge is 2.08. The quantitative estimate of drug-likeness (QED) is 0.553. The highest BCUT2D eigenvalue weighted by molar-refractivity contribution is 7.86. The van der Waals surface area contributed by atoms with Gasteiger partial charge in [0, 0.05) is 0 Å². The molecule has 0 amide bonds. The van der Waals surface area contributed by atoms with E-state index in [4.69, 9.17) is 0 Å². The fraction of sp³-hybridized carbons (Fsp3) is 1.00. The van der Waals surface area contributed by atoms with Gasteiger partial charge in [-0.25, -0.2) is 4.39 Å². The lowest BCUT2D eigenvalue weighted by Crippen LogP contribution is -2.15. The molecular weight excluding hydrogens is 147 g/mol. The summed E-state index contributed by atoms with van der Waals surface area (Å²) in [6, 6.07) is 0. The molecule has 3 nitrogen and oxygen atoms in total. The van der Waals surface area contributed by atoms with Crippen LogP contribution in [0.3, 0.4) is 0 Å². The minimum absolute atomic E-state index is 0.785. The van der Waals surface area contributed by atoms with Crippen molar-refractivity contribution in [3.8, 4) is 0 Å². The van der Waals surface area contributed by atoms with Crippen molar-refractivity contribution in [2.24, 2.45) is 0 Å². The van der Waals surface area contributed by atoms with Gasteiger partial charge in [-0.2, -0.15) is 8.42 Å². The molecular formula is C4H9FO3S. The first-order valence-corrected chi connectivity index (χ1v) is 4.21. The maximum Gasteiger partial charge on any atom is 0.264 e. The lowest BCUT2D eigenvalue weighted by molar-refractivity contribution is 0.191. The largest absolute Gasteiger partial charge is 0.265 e. The third kappa shape index (κ3) is 5.72. The molecule has 1 atom stereocenters. The molecule has 0 saturated carbocycles. The van der Waals surface area contributed by atoms with Crippen molar-refractivity contribution in [1.82, 2.24) is 0 Å². The molecule has 0 aliphatic rings. The fourth-order valence-corrected chi connectivity index (χ4v) is 0.972. The van der Waals surface area contributed by atoms with Gasteiger partial charge in [-0.15, -0.1) is 0 Å². The predicted molar refractivity (Wildman–Crippen MR) is 31.4 cm³/mol. The third-order valence-corrected chi connectivity index (χ3v) is 1.23. The van der Waals surface area contributed by atoms with Gasteiger partial charge < -0.3 is 0 Å². The summed E-state index contributed by atoms with van der Waals surface area (Å²) in [6.07, 6.45) is 0.0269. The van der Waals surface area contributed by atoms with Crippen LogP contribution in [0, 0.1) is 0 Å². The molecule has 0 fully saturated rings. The van der Waals surface area contributed by atoms with E-state index in [2.05, 4.69) is 4.18 Å². The standard InChI is InChI=1S/C4H9FO3S/c1-4(3-5)8-9(2,6)7/h4H,3H2,1-2H3. The summed E-state index contributed by atoms with van der Waals surface area (Å²) in [5.41, 5.74) is 0. The van der Waals surface area contributed by atoms with E-state index in [1.807, 2.05) is 0 Å². The van der Waals surface area contributed by atoms with Crippen LogP contribution in [0.5, 0.6) is 0 Å².